The molecule has 2 aromatic rings. The monoisotopic (exact) mass is 472 g/mol. The maximum Gasteiger partial charge on any atom is 0.242 e. The maximum absolute atomic E-state index is 13.6. The summed E-state index contributed by atoms with van der Waals surface area (Å²) in [4.78, 5) is 31.6. The highest BCUT2D eigenvalue weighted by Crippen LogP contribution is 2.34. The summed E-state index contributed by atoms with van der Waals surface area (Å²) in [5.41, 5.74) is 1.09. The Labute approximate surface area is 199 Å². The van der Waals surface area contributed by atoms with Crippen molar-refractivity contribution in [2.24, 2.45) is 11.8 Å². The molecule has 178 valence electrons. The van der Waals surface area contributed by atoms with E-state index in [-0.39, 0.29) is 42.7 Å². The second kappa shape index (κ2) is 10.7. The third-order valence-electron chi connectivity index (χ3n) is 6.55. The highest BCUT2D eigenvalue weighted by molar-refractivity contribution is 7.10. The van der Waals surface area contributed by atoms with Gasteiger partial charge in [-0.2, -0.15) is 0 Å². The Morgan fingerprint density at radius 3 is 2.76 bits per heavy atom. The zero-order chi connectivity index (χ0) is 23.4. The number of carbonyl (C=O) groups is 2. The van der Waals surface area contributed by atoms with E-state index in [1.54, 1.807) is 28.4 Å². The molecule has 2 aliphatic rings. The molecule has 0 spiro atoms. The van der Waals surface area contributed by atoms with Gasteiger partial charge in [0, 0.05) is 30.0 Å². The van der Waals surface area contributed by atoms with E-state index in [0.29, 0.717) is 24.8 Å². The molecule has 1 aromatic carbocycles. The number of thiophene rings is 1. The molecule has 5 nitrogen and oxygen atoms in total. The maximum atomic E-state index is 13.6. The zero-order valence-corrected chi connectivity index (χ0v) is 20.3. The second-order valence-electron chi connectivity index (χ2n) is 9.51. The number of halogens is 1. The van der Waals surface area contributed by atoms with Crippen molar-refractivity contribution in [2.75, 3.05) is 26.2 Å². The fraction of sp³-hybridized carbons (Fsp3) is 0.538. The first kappa shape index (κ1) is 23.7. The summed E-state index contributed by atoms with van der Waals surface area (Å²) < 4.78 is 19.5. The normalized spacial score (nSPS) is 18.4. The molecule has 1 aliphatic carbocycles. The van der Waals surface area contributed by atoms with E-state index in [2.05, 4.69) is 19.9 Å². The van der Waals surface area contributed by atoms with E-state index in [4.69, 9.17) is 4.74 Å². The lowest BCUT2D eigenvalue weighted by molar-refractivity contribution is -0.145. The van der Waals surface area contributed by atoms with Crippen LogP contribution in [0.1, 0.15) is 56.0 Å². The topological polar surface area (TPSA) is 49.9 Å². The van der Waals surface area contributed by atoms with E-state index in [0.717, 1.165) is 37.7 Å². The summed E-state index contributed by atoms with van der Waals surface area (Å²) in [5, 5.41) is 2.04. The van der Waals surface area contributed by atoms with Crippen molar-refractivity contribution in [1.82, 2.24) is 9.80 Å². The Balaban J connectivity index is 1.50. The predicted octanol–water partition coefficient (Wildman–Crippen LogP) is 5.07. The predicted molar refractivity (Wildman–Crippen MR) is 128 cm³/mol. The SMILES string of the molecule is CC(C)CN(CC(=O)N1CCc2sccc2[C@@H]1COc1cccc(F)c1)C(=O)C1CCCC1. The Morgan fingerprint density at radius 1 is 1.24 bits per heavy atom. The van der Waals surface area contributed by atoms with Crippen molar-refractivity contribution in [2.45, 2.75) is 52.0 Å². The standard InChI is InChI=1S/C26H33FN2O3S/c1-18(2)15-28(26(31)19-6-3-4-7-19)16-25(30)29-12-10-24-22(11-13-33-24)23(29)17-32-21-9-5-8-20(27)14-21/h5,8-9,11,13-14,18-19,23H,3-4,6-7,10,12,15-17H2,1-2H3/t23-/m0/s1. The van der Waals surface area contributed by atoms with Crippen LogP contribution < -0.4 is 4.74 Å². The van der Waals surface area contributed by atoms with Crippen molar-refractivity contribution < 1.29 is 18.7 Å². The van der Waals surface area contributed by atoms with Crippen LogP contribution >= 0.6 is 11.3 Å². The molecule has 1 atom stereocenters. The molecule has 0 N–H and O–H groups in total. The minimum atomic E-state index is -0.352. The minimum absolute atomic E-state index is 0.0494. The van der Waals surface area contributed by atoms with Crippen molar-refractivity contribution >= 4 is 23.2 Å². The van der Waals surface area contributed by atoms with Crippen LogP contribution in [-0.4, -0.2) is 47.9 Å². The number of nitrogens with zero attached hydrogens (tertiary/aromatic N) is 2. The number of carbonyl (C=O) groups excluding carboxylic acids is 2. The van der Waals surface area contributed by atoms with E-state index < -0.39 is 0 Å². The summed E-state index contributed by atoms with van der Waals surface area (Å²) in [6.07, 6.45) is 4.83. The molecule has 2 amide bonds. The average Bonchev–Trinajstić information content (AvgIpc) is 3.48. The van der Waals surface area contributed by atoms with Crippen LogP contribution in [0.5, 0.6) is 5.75 Å². The lowest BCUT2D eigenvalue weighted by Crippen LogP contribution is -2.49. The van der Waals surface area contributed by atoms with Gasteiger partial charge in [-0.1, -0.05) is 32.8 Å². The second-order valence-corrected chi connectivity index (χ2v) is 10.5. The Morgan fingerprint density at radius 2 is 2.03 bits per heavy atom. The highest BCUT2D eigenvalue weighted by atomic mass is 32.1. The quantitative estimate of drug-likeness (QED) is 0.539. The molecule has 1 aliphatic heterocycles. The molecule has 0 unspecified atom stereocenters. The van der Waals surface area contributed by atoms with Gasteiger partial charge in [-0.25, -0.2) is 4.39 Å². The molecule has 4 rings (SSSR count). The van der Waals surface area contributed by atoms with Gasteiger partial charge in [-0.3, -0.25) is 9.59 Å². The minimum Gasteiger partial charge on any atom is -0.491 e. The Hall–Kier alpha value is -2.41. The van der Waals surface area contributed by atoms with Gasteiger partial charge in [-0.05, 0) is 54.3 Å². The van der Waals surface area contributed by atoms with E-state index in [1.807, 2.05) is 10.3 Å². The molecule has 1 saturated carbocycles. The van der Waals surface area contributed by atoms with Gasteiger partial charge in [-0.15, -0.1) is 11.3 Å². The molecule has 7 heteroatoms. The van der Waals surface area contributed by atoms with Gasteiger partial charge in [0.05, 0.1) is 12.6 Å². The van der Waals surface area contributed by atoms with Gasteiger partial charge >= 0.3 is 0 Å². The number of ether oxygens (including phenoxy) is 1. The van der Waals surface area contributed by atoms with Crippen LogP contribution in [0.2, 0.25) is 0 Å². The lowest BCUT2D eigenvalue weighted by Gasteiger charge is -2.37. The number of amides is 2. The van der Waals surface area contributed by atoms with Crippen LogP contribution in [-0.2, 0) is 16.0 Å². The van der Waals surface area contributed by atoms with Crippen molar-refractivity contribution in [1.29, 1.82) is 0 Å². The largest absolute Gasteiger partial charge is 0.491 e. The van der Waals surface area contributed by atoms with Crippen LogP contribution in [0.4, 0.5) is 4.39 Å². The number of hydrogen-bond acceptors (Lipinski definition) is 4. The smallest absolute Gasteiger partial charge is 0.242 e. The van der Waals surface area contributed by atoms with Gasteiger partial charge in [0.1, 0.15) is 18.2 Å². The Bertz CT molecular complexity index is 970. The highest BCUT2D eigenvalue weighted by Gasteiger charge is 2.35. The summed E-state index contributed by atoms with van der Waals surface area (Å²) in [6.45, 7) is 5.68. The third-order valence-corrected chi connectivity index (χ3v) is 7.54. The first-order valence-electron chi connectivity index (χ1n) is 11.9. The van der Waals surface area contributed by atoms with Crippen LogP contribution in [0.3, 0.4) is 0 Å². The fourth-order valence-electron chi connectivity index (χ4n) is 4.96. The van der Waals surface area contributed by atoms with E-state index in [1.165, 1.54) is 17.0 Å². The molecular weight excluding hydrogens is 439 g/mol. The lowest BCUT2D eigenvalue weighted by atomic mass is 10.00. The summed E-state index contributed by atoms with van der Waals surface area (Å²) in [7, 11) is 0. The molecule has 0 radical (unpaired) electrons. The summed E-state index contributed by atoms with van der Waals surface area (Å²) >= 11 is 1.69. The molecule has 0 bridgehead atoms. The van der Waals surface area contributed by atoms with Gasteiger partial charge in [0.2, 0.25) is 11.8 Å². The fourth-order valence-corrected chi connectivity index (χ4v) is 5.89. The van der Waals surface area contributed by atoms with Crippen molar-refractivity contribution in [3.63, 3.8) is 0 Å². The van der Waals surface area contributed by atoms with Crippen LogP contribution in [0, 0.1) is 17.7 Å². The van der Waals surface area contributed by atoms with E-state index in [9.17, 15) is 14.0 Å². The van der Waals surface area contributed by atoms with Gasteiger partial charge < -0.3 is 14.5 Å². The molecule has 0 saturated heterocycles. The molecule has 1 aromatic heterocycles. The van der Waals surface area contributed by atoms with Crippen LogP contribution in [0.25, 0.3) is 0 Å². The number of hydrogen-bond donors (Lipinski definition) is 0. The summed E-state index contributed by atoms with van der Waals surface area (Å²) in [6, 6.07) is 7.87. The molecule has 1 fully saturated rings. The average molecular weight is 473 g/mol. The van der Waals surface area contributed by atoms with Crippen molar-refractivity contribution in [3.8, 4) is 5.75 Å². The number of benzene rings is 1. The third kappa shape index (κ3) is 5.75. The van der Waals surface area contributed by atoms with Gasteiger partial charge in [0.15, 0.2) is 0 Å². The molecular formula is C26H33FN2O3S. The molecule has 2 heterocycles. The number of fused-ring (bicyclic) bond motifs is 1. The first-order chi connectivity index (χ1) is 15.9. The summed E-state index contributed by atoms with van der Waals surface area (Å²) in [5.74, 6) is 0.508. The molecule has 33 heavy (non-hydrogen) atoms. The zero-order valence-electron chi connectivity index (χ0n) is 19.5. The number of rotatable bonds is 8. The van der Waals surface area contributed by atoms with Gasteiger partial charge in [0.25, 0.3) is 0 Å². The van der Waals surface area contributed by atoms with Crippen molar-refractivity contribution in [3.05, 3.63) is 52.0 Å². The van der Waals surface area contributed by atoms with Crippen LogP contribution in [0.15, 0.2) is 35.7 Å². The van der Waals surface area contributed by atoms with E-state index >= 15 is 0 Å². The first-order valence-corrected chi connectivity index (χ1v) is 12.8. The Kier molecular flexibility index (Phi) is 7.68.